The summed E-state index contributed by atoms with van der Waals surface area (Å²) in [4.78, 5) is 4.38. The Morgan fingerprint density at radius 3 is 2.64 bits per heavy atom. The lowest BCUT2D eigenvalue weighted by Crippen LogP contribution is -2.06. The van der Waals surface area contributed by atoms with Gasteiger partial charge in [0.1, 0.15) is 11.7 Å². The maximum atomic E-state index is 9.21. The molecule has 1 aromatic carbocycles. The first-order chi connectivity index (χ1) is 10.7. The first-order valence-electron chi connectivity index (χ1n) is 6.70. The Morgan fingerprint density at radius 1 is 1.18 bits per heavy atom. The Hall–Kier alpha value is -2.94. The van der Waals surface area contributed by atoms with E-state index in [1.165, 1.54) is 6.08 Å². The van der Waals surface area contributed by atoms with Crippen LogP contribution >= 0.6 is 0 Å². The second-order valence-corrected chi connectivity index (χ2v) is 4.75. The van der Waals surface area contributed by atoms with Crippen LogP contribution in [-0.2, 0) is 0 Å². The summed E-state index contributed by atoms with van der Waals surface area (Å²) >= 11 is 0. The van der Waals surface area contributed by atoms with Gasteiger partial charge in [0.15, 0.2) is 6.29 Å². The number of nitrogens with zero attached hydrogens (tertiary/aromatic N) is 3. The highest BCUT2D eigenvalue weighted by Gasteiger charge is 2.12. The summed E-state index contributed by atoms with van der Waals surface area (Å²) in [6.07, 6.45) is 3.19. The maximum absolute atomic E-state index is 9.21. The number of pyridine rings is 1. The van der Waals surface area contributed by atoms with E-state index in [0.29, 0.717) is 5.56 Å². The topological polar surface area (TPSA) is 82.1 Å². The van der Waals surface area contributed by atoms with Crippen LogP contribution in [-0.4, -0.2) is 26.1 Å². The molecule has 22 heavy (non-hydrogen) atoms. The van der Waals surface area contributed by atoms with E-state index in [2.05, 4.69) is 4.98 Å². The predicted octanol–water partition coefficient (Wildman–Crippen LogP) is 2.24. The molecule has 5 nitrogen and oxygen atoms in total. The Labute approximate surface area is 127 Å². The molecule has 5 heteroatoms. The lowest BCUT2D eigenvalue weighted by atomic mass is 10.1. The van der Waals surface area contributed by atoms with Crippen molar-refractivity contribution in [1.82, 2.24) is 9.55 Å². The number of hydrogen-bond acceptors (Lipinski definition) is 4. The lowest BCUT2D eigenvalue weighted by Gasteiger charge is -2.03. The van der Waals surface area contributed by atoms with E-state index in [0.717, 1.165) is 16.7 Å². The van der Waals surface area contributed by atoms with Gasteiger partial charge in [-0.25, -0.2) is 4.98 Å². The number of fused-ring (bicyclic) bond motifs is 1. The van der Waals surface area contributed by atoms with Crippen LogP contribution < -0.4 is 0 Å². The summed E-state index contributed by atoms with van der Waals surface area (Å²) in [6.45, 7) is 0. The van der Waals surface area contributed by atoms with E-state index < -0.39 is 6.29 Å². The minimum atomic E-state index is -1.79. The van der Waals surface area contributed by atoms with Crippen molar-refractivity contribution < 1.29 is 10.2 Å². The minimum Gasteiger partial charge on any atom is -0.364 e. The molecule has 0 aliphatic heterocycles. The zero-order valence-corrected chi connectivity index (χ0v) is 11.6. The fourth-order valence-corrected chi connectivity index (χ4v) is 2.32. The number of aromatic nitrogens is 2. The van der Waals surface area contributed by atoms with Crippen LogP contribution in [0.5, 0.6) is 0 Å². The smallest absolute Gasteiger partial charge is 0.188 e. The van der Waals surface area contributed by atoms with Crippen LogP contribution in [0.25, 0.3) is 22.8 Å². The summed E-state index contributed by atoms with van der Waals surface area (Å²) in [7, 11) is 0. The highest BCUT2D eigenvalue weighted by Crippen LogP contribution is 2.25. The van der Waals surface area contributed by atoms with Gasteiger partial charge < -0.3 is 14.8 Å². The van der Waals surface area contributed by atoms with Crippen molar-refractivity contribution in [1.29, 1.82) is 5.26 Å². The van der Waals surface area contributed by atoms with E-state index in [9.17, 15) is 10.2 Å². The molecule has 0 bridgehead atoms. The highest BCUT2D eigenvalue weighted by molar-refractivity contribution is 5.89. The van der Waals surface area contributed by atoms with Crippen molar-refractivity contribution in [2.24, 2.45) is 0 Å². The van der Waals surface area contributed by atoms with E-state index in [1.807, 2.05) is 47.2 Å². The zero-order valence-electron chi connectivity index (χ0n) is 11.6. The number of benzene rings is 1. The number of rotatable bonds is 3. The monoisotopic (exact) mass is 291 g/mol. The predicted molar refractivity (Wildman–Crippen MR) is 82.9 cm³/mol. The molecular weight excluding hydrogens is 278 g/mol. The average molecular weight is 291 g/mol. The fraction of sp³-hybridized carbons (Fsp3) is 0.0588. The van der Waals surface area contributed by atoms with Crippen LogP contribution in [0.4, 0.5) is 0 Å². The van der Waals surface area contributed by atoms with Crippen molar-refractivity contribution in [3.63, 3.8) is 0 Å². The van der Waals surface area contributed by atoms with E-state index in [4.69, 9.17) is 5.26 Å². The van der Waals surface area contributed by atoms with Gasteiger partial charge in [-0.3, -0.25) is 0 Å². The van der Waals surface area contributed by atoms with Gasteiger partial charge in [0.2, 0.25) is 0 Å². The maximum Gasteiger partial charge on any atom is 0.188 e. The van der Waals surface area contributed by atoms with Crippen molar-refractivity contribution in [2.75, 3.05) is 0 Å². The molecular formula is C17H13N3O2. The quantitative estimate of drug-likeness (QED) is 0.573. The van der Waals surface area contributed by atoms with Gasteiger partial charge in [0.05, 0.1) is 5.57 Å². The third kappa shape index (κ3) is 2.49. The summed E-state index contributed by atoms with van der Waals surface area (Å²) < 4.78 is 1.90. The van der Waals surface area contributed by atoms with Gasteiger partial charge in [-0.2, -0.15) is 5.26 Å². The first-order valence-corrected chi connectivity index (χ1v) is 6.70. The van der Waals surface area contributed by atoms with Crippen LogP contribution in [0.15, 0.2) is 60.4 Å². The van der Waals surface area contributed by atoms with Crippen molar-refractivity contribution in [2.45, 2.75) is 6.29 Å². The largest absolute Gasteiger partial charge is 0.364 e. The van der Waals surface area contributed by atoms with Crippen molar-refractivity contribution in [3.8, 4) is 11.8 Å². The van der Waals surface area contributed by atoms with Gasteiger partial charge in [-0.05, 0) is 30.3 Å². The van der Waals surface area contributed by atoms with Gasteiger partial charge in [0, 0.05) is 29.0 Å². The second-order valence-electron chi connectivity index (χ2n) is 4.75. The molecule has 0 unspecified atom stereocenters. The summed E-state index contributed by atoms with van der Waals surface area (Å²) in [5.74, 6) is 0. The molecule has 2 aromatic heterocycles. The standard InChI is InChI=1S/C17H13N3O2/c18-10-12(17(21)22)9-13-11-20(14-5-2-1-3-6-14)16-15(13)7-4-8-19-16/h1-9,11,17,21-22H/b12-9+. The molecule has 2 N–H and O–H groups in total. The normalized spacial score (nSPS) is 11.8. The van der Waals surface area contributed by atoms with E-state index in [-0.39, 0.29) is 5.57 Å². The summed E-state index contributed by atoms with van der Waals surface area (Å²) in [6, 6.07) is 15.2. The van der Waals surface area contributed by atoms with Crippen molar-refractivity contribution in [3.05, 3.63) is 66.0 Å². The molecule has 0 atom stereocenters. The molecule has 0 amide bonds. The molecule has 108 valence electrons. The third-order valence-electron chi connectivity index (χ3n) is 3.35. The summed E-state index contributed by atoms with van der Waals surface area (Å²) in [5.41, 5.74) is 2.27. The molecule has 0 spiro atoms. The number of hydrogen-bond donors (Lipinski definition) is 2. The Kier molecular flexibility index (Phi) is 3.71. The van der Waals surface area contributed by atoms with E-state index >= 15 is 0 Å². The number of nitriles is 1. The molecule has 0 radical (unpaired) electrons. The van der Waals surface area contributed by atoms with Crippen LogP contribution in [0.3, 0.4) is 0 Å². The minimum absolute atomic E-state index is 0.115. The summed E-state index contributed by atoms with van der Waals surface area (Å²) in [5, 5.41) is 28.2. The molecule has 0 saturated heterocycles. The average Bonchev–Trinajstić information content (AvgIpc) is 2.92. The fourth-order valence-electron chi connectivity index (χ4n) is 2.32. The lowest BCUT2D eigenvalue weighted by molar-refractivity contribution is -0.00331. The van der Waals surface area contributed by atoms with Crippen LogP contribution in [0.2, 0.25) is 0 Å². The van der Waals surface area contributed by atoms with Gasteiger partial charge in [-0.15, -0.1) is 0 Å². The highest BCUT2D eigenvalue weighted by atomic mass is 16.5. The number of para-hydroxylation sites is 1. The second kappa shape index (κ2) is 5.82. The number of aliphatic hydroxyl groups is 2. The molecule has 0 fully saturated rings. The Balaban J connectivity index is 2.24. The molecule has 3 rings (SSSR count). The Morgan fingerprint density at radius 2 is 1.95 bits per heavy atom. The third-order valence-corrected chi connectivity index (χ3v) is 3.35. The molecule has 0 aliphatic carbocycles. The van der Waals surface area contributed by atoms with Crippen molar-refractivity contribution >= 4 is 17.1 Å². The Bertz CT molecular complexity index is 874. The molecule has 2 heterocycles. The zero-order chi connectivity index (χ0) is 15.5. The molecule has 0 aliphatic rings. The van der Waals surface area contributed by atoms with Crippen LogP contribution in [0, 0.1) is 11.3 Å². The van der Waals surface area contributed by atoms with Gasteiger partial charge in [-0.1, -0.05) is 18.2 Å². The van der Waals surface area contributed by atoms with Gasteiger partial charge in [0.25, 0.3) is 0 Å². The molecule has 3 aromatic rings. The SMILES string of the molecule is N#C/C(=C\c1cn(-c2ccccc2)c2ncccc12)C(O)O. The van der Waals surface area contributed by atoms with Gasteiger partial charge >= 0.3 is 0 Å². The number of aliphatic hydroxyl groups excluding tert-OH is 1. The van der Waals surface area contributed by atoms with Crippen LogP contribution in [0.1, 0.15) is 5.56 Å². The first kappa shape index (κ1) is 14.0. The van der Waals surface area contributed by atoms with E-state index in [1.54, 1.807) is 18.3 Å². The molecule has 0 saturated carbocycles.